The maximum Gasteiger partial charge on any atom is 0.216 e. The van der Waals surface area contributed by atoms with Crippen LogP contribution in [0.4, 0.5) is 0 Å². The highest BCUT2D eigenvalue weighted by Gasteiger charge is 2.39. The average Bonchev–Trinajstić information content (AvgIpc) is 2.77. The second-order valence-electron chi connectivity index (χ2n) is 6.55. The molecule has 2 bridgehead atoms. The number of nitrogens with one attached hydrogen (secondary N) is 1. The van der Waals surface area contributed by atoms with E-state index in [0.29, 0.717) is 18.7 Å². The van der Waals surface area contributed by atoms with Crippen molar-refractivity contribution in [3.63, 3.8) is 0 Å². The summed E-state index contributed by atoms with van der Waals surface area (Å²) < 4.78 is 32.3. The van der Waals surface area contributed by atoms with Crippen molar-refractivity contribution < 1.29 is 13.2 Å². The third kappa shape index (κ3) is 4.10. The Balaban J connectivity index is 0.00000161. The largest absolute Gasteiger partial charge is 0.377 e. The van der Waals surface area contributed by atoms with Gasteiger partial charge in [-0.3, -0.25) is 0 Å². The molecule has 0 aromatic carbocycles. The number of rotatable bonds is 4. The Morgan fingerprint density at radius 2 is 1.81 bits per heavy atom. The molecule has 3 heterocycles. The molecular formula is C14H27ClN2O3S. The molecule has 3 unspecified atom stereocenters. The van der Waals surface area contributed by atoms with E-state index in [1.807, 2.05) is 0 Å². The van der Waals surface area contributed by atoms with Crippen LogP contribution >= 0.6 is 12.4 Å². The van der Waals surface area contributed by atoms with Crippen molar-refractivity contribution in [3.8, 4) is 0 Å². The molecule has 5 nitrogen and oxygen atoms in total. The van der Waals surface area contributed by atoms with Crippen LogP contribution in [0.5, 0.6) is 0 Å². The second-order valence-corrected chi connectivity index (χ2v) is 8.62. The fourth-order valence-electron chi connectivity index (χ4n) is 3.84. The zero-order valence-corrected chi connectivity index (χ0v) is 14.3. The lowest BCUT2D eigenvalue weighted by Gasteiger charge is -2.35. The van der Waals surface area contributed by atoms with Crippen molar-refractivity contribution >= 4 is 22.4 Å². The molecular weight excluding hydrogens is 312 g/mol. The lowest BCUT2D eigenvalue weighted by Crippen LogP contribution is -2.50. The molecule has 0 aromatic heterocycles. The summed E-state index contributed by atoms with van der Waals surface area (Å²) in [6, 6.07) is 1.20. The molecule has 3 rings (SSSR count). The van der Waals surface area contributed by atoms with Crippen molar-refractivity contribution in [1.29, 1.82) is 0 Å². The molecule has 7 heteroatoms. The first-order valence-corrected chi connectivity index (χ1v) is 9.49. The molecule has 0 saturated carbocycles. The number of nitrogens with zero attached hydrogens (tertiary/aromatic N) is 1. The highest BCUT2D eigenvalue weighted by Crippen LogP contribution is 2.30. The highest BCUT2D eigenvalue weighted by atomic mass is 35.5. The Bertz CT molecular complexity index is 428. The van der Waals surface area contributed by atoms with Gasteiger partial charge in [-0.2, -0.15) is 0 Å². The first-order valence-electron chi connectivity index (χ1n) is 7.88. The van der Waals surface area contributed by atoms with E-state index in [1.54, 1.807) is 11.4 Å². The van der Waals surface area contributed by atoms with Crippen molar-refractivity contribution in [2.45, 2.75) is 69.2 Å². The molecule has 0 aromatic rings. The van der Waals surface area contributed by atoms with E-state index >= 15 is 0 Å². The monoisotopic (exact) mass is 338 g/mol. The Hall–Kier alpha value is 0.120. The Labute approximate surface area is 134 Å². The van der Waals surface area contributed by atoms with Gasteiger partial charge >= 0.3 is 0 Å². The summed E-state index contributed by atoms with van der Waals surface area (Å²) >= 11 is 0. The van der Waals surface area contributed by atoms with E-state index in [1.165, 1.54) is 12.8 Å². The minimum atomic E-state index is -3.20. The van der Waals surface area contributed by atoms with Gasteiger partial charge < -0.3 is 10.1 Å². The fraction of sp³-hybridized carbons (Fsp3) is 1.00. The molecule has 3 aliphatic rings. The molecule has 0 spiro atoms. The predicted octanol–water partition coefficient (Wildman–Crippen LogP) is 1.52. The molecule has 0 radical (unpaired) electrons. The highest BCUT2D eigenvalue weighted by molar-refractivity contribution is 7.89. The summed E-state index contributed by atoms with van der Waals surface area (Å²) in [5, 5.41) is 3.56. The Kier molecular flexibility index (Phi) is 5.93. The van der Waals surface area contributed by atoms with Crippen molar-refractivity contribution in [3.05, 3.63) is 0 Å². The lowest BCUT2D eigenvalue weighted by molar-refractivity contribution is 0.0297. The lowest BCUT2D eigenvalue weighted by atomic mass is 10.0. The zero-order chi connectivity index (χ0) is 14.2. The topological polar surface area (TPSA) is 58.6 Å². The van der Waals surface area contributed by atoms with Crippen LogP contribution in [0, 0.1) is 0 Å². The van der Waals surface area contributed by atoms with Gasteiger partial charge in [-0.1, -0.05) is 0 Å². The SMILES string of the molecule is CN(C1CC2CCC(C1)N2)S(=O)(=O)CC1CCCCO1.Cl. The van der Waals surface area contributed by atoms with Crippen LogP contribution in [-0.4, -0.2) is 56.4 Å². The summed E-state index contributed by atoms with van der Waals surface area (Å²) in [6.07, 6.45) is 7.22. The maximum absolute atomic E-state index is 12.6. The van der Waals surface area contributed by atoms with Crippen LogP contribution in [0.2, 0.25) is 0 Å². The summed E-state index contributed by atoms with van der Waals surface area (Å²) in [6.45, 7) is 0.710. The number of halogens is 1. The molecule has 0 amide bonds. The average molecular weight is 339 g/mol. The molecule has 124 valence electrons. The van der Waals surface area contributed by atoms with Gasteiger partial charge in [0.2, 0.25) is 10.0 Å². The van der Waals surface area contributed by atoms with Crippen LogP contribution in [-0.2, 0) is 14.8 Å². The summed E-state index contributed by atoms with van der Waals surface area (Å²) in [5.74, 6) is 0.156. The van der Waals surface area contributed by atoms with E-state index < -0.39 is 10.0 Å². The van der Waals surface area contributed by atoms with Gasteiger partial charge in [0.15, 0.2) is 0 Å². The smallest absolute Gasteiger partial charge is 0.216 e. The zero-order valence-electron chi connectivity index (χ0n) is 12.7. The molecule has 3 atom stereocenters. The number of piperidine rings is 1. The van der Waals surface area contributed by atoms with Crippen LogP contribution < -0.4 is 5.32 Å². The Morgan fingerprint density at radius 3 is 2.38 bits per heavy atom. The number of hydrogen-bond acceptors (Lipinski definition) is 4. The van der Waals surface area contributed by atoms with Crippen LogP contribution in [0.1, 0.15) is 44.9 Å². The Morgan fingerprint density at radius 1 is 1.14 bits per heavy atom. The minimum Gasteiger partial charge on any atom is -0.377 e. The number of ether oxygens (including phenoxy) is 1. The van der Waals surface area contributed by atoms with E-state index in [-0.39, 0.29) is 30.3 Å². The van der Waals surface area contributed by atoms with Gasteiger partial charge in [0, 0.05) is 31.8 Å². The van der Waals surface area contributed by atoms with E-state index in [4.69, 9.17) is 4.74 Å². The van der Waals surface area contributed by atoms with E-state index in [0.717, 1.165) is 32.1 Å². The quantitative estimate of drug-likeness (QED) is 0.844. The standard InChI is InChI=1S/C14H26N2O3S.ClH/c1-16(13-8-11-5-6-12(9-13)15-11)20(17,18)10-14-4-2-3-7-19-14;/h11-15H,2-10H2,1H3;1H. The first kappa shape index (κ1) is 17.5. The van der Waals surface area contributed by atoms with Crippen LogP contribution in [0.25, 0.3) is 0 Å². The fourth-order valence-corrected chi connectivity index (χ4v) is 5.44. The van der Waals surface area contributed by atoms with Gasteiger partial charge in [0.1, 0.15) is 0 Å². The van der Waals surface area contributed by atoms with Crippen molar-refractivity contribution in [2.75, 3.05) is 19.4 Å². The van der Waals surface area contributed by atoms with Gasteiger partial charge in [-0.15, -0.1) is 12.4 Å². The number of sulfonamides is 1. The normalized spacial score (nSPS) is 36.5. The van der Waals surface area contributed by atoms with Gasteiger partial charge in [0.05, 0.1) is 11.9 Å². The van der Waals surface area contributed by atoms with Gasteiger partial charge in [0.25, 0.3) is 0 Å². The van der Waals surface area contributed by atoms with Crippen molar-refractivity contribution in [2.24, 2.45) is 0 Å². The molecule has 0 aliphatic carbocycles. The van der Waals surface area contributed by atoms with E-state index in [2.05, 4.69) is 5.32 Å². The molecule has 21 heavy (non-hydrogen) atoms. The molecule has 1 N–H and O–H groups in total. The third-order valence-electron chi connectivity index (χ3n) is 5.07. The number of fused-ring (bicyclic) bond motifs is 2. The third-order valence-corrected chi connectivity index (χ3v) is 7.04. The summed E-state index contributed by atoms with van der Waals surface area (Å²) in [7, 11) is -1.44. The summed E-state index contributed by atoms with van der Waals surface area (Å²) in [5.41, 5.74) is 0. The van der Waals surface area contributed by atoms with Crippen LogP contribution in [0.15, 0.2) is 0 Å². The van der Waals surface area contributed by atoms with Gasteiger partial charge in [-0.05, 0) is 44.9 Å². The predicted molar refractivity (Wildman–Crippen MR) is 85.4 cm³/mol. The van der Waals surface area contributed by atoms with E-state index in [9.17, 15) is 8.42 Å². The first-order chi connectivity index (χ1) is 9.54. The van der Waals surface area contributed by atoms with Gasteiger partial charge in [-0.25, -0.2) is 12.7 Å². The summed E-state index contributed by atoms with van der Waals surface area (Å²) in [4.78, 5) is 0. The van der Waals surface area contributed by atoms with Crippen LogP contribution in [0.3, 0.4) is 0 Å². The molecule has 3 saturated heterocycles. The molecule has 3 aliphatic heterocycles. The second kappa shape index (κ2) is 7.13. The number of hydrogen-bond donors (Lipinski definition) is 1. The minimum absolute atomic E-state index is 0. The molecule has 3 fully saturated rings. The maximum atomic E-state index is 12.6. The van der Waals surface area contributed by atoms with Crippen molar-refractivity contribution in [1.82, 2.24) is 9.62 Å².